The van der Waals surface area contributed by atoms with E-state index in [9.17, 15) is 4.79 Å². The van der Waals surface area contributed by atoms with Gasteiger partial charge in [0, 0.05) is 5.92 Å². The first-order valence-corrected chi connectivity index (χ1v) is 5.74. The Morgan fingerprint density at radius 2 is 2.12 bits per heavy atom. The van der Waals surface area contributed by atoms with Gasteiger partial charge in [0.2, 0.25) is 5.91 Å². The molecule has 0 aliphatic heterocycles. The second-order valence-corrected chi connectivity index (χ2v) is 4.31. The van der Waals surface area contributed by atoms with E-state index < -0.39 is 0 Å². The third-order valence-electron chi connectivity index (χ3n) is 2.58. The van der Waals surface area contributed by atoms with Crippen LogP contribution in [0, 0.1) is 5.92 Å². The molecular weight excluding hydrogens is 202 g/mol. The molecule has 1 amide bonds. The van der Waals surface area contributed by atoms with Crippen molar-refractivity contribution >= 4 is 5.91 Å². The fourth-order valence-electron chi connectivity index (χ4n) is 1.49. The SMILES string of the molecule is CC(COc1ccccc1)NC(=O)C1CC1. The molecule has 0 radical (unpaired) electrons. The van der Waals surface area contributed by atoms with Crippen LogP contribution in [-0.4, -0.2) is 18.6 Å². The van der Waals surface area contributed by atoms with E-state index in [0.717, 1.165) is 18.6 Å². The normalized spacial score (nSPS) is 16.6. The highest BCUT2D eigenvalue weighted by Gasteiger charge is 2.30. The van der Waals surface area contributed by atoms with Gasteiger partial charge in [0.15, 0.2) is 0 Å². The van der Waals surface area contributed by atoms with Crippen molar-refractivity contribution < 1.29 is 9.53 Å². The van der Waals surface area contributed by atoms with Crippen LogP contribution in [0.25, 0.3) is 0 Å². The Labute approximate surface area is 95.8 Å². The second-order valence-electron chi connectivity index (χ2n) is 4.31. The lowest BCUT2D eigenvalue weighted by Crippen LogP contribution is -2.37. The fraction of sp³-hybridized carbons (Fsp3) is 0.462. The maximum atomic E-state index is 11.5. The lowest BCUT2D eigenvalue weighted by atomic mass is 10.3. The van der Waals surface area contributed by atoms with E-state index in [0.29, 0.717) is 6.61 Å². The van der Waals surface area contributed by atoms with Gasteiger partial charge >= 0.3 is 0 Å². The van der Waals surface area contributed by atoms with E-state index >= 15 is 0 Å². The Bertz CT molecular complexity index is 346. The fourth-order valence-corrected chi connectivity index (χ4v) is 1.49. The van der Waals surface area contributed by atoms with Crippen LogP contribution in [-0.2, 0) is 4.79 Å². The molecule has 3 nitrogen and oxygen atoms in total. The summed E-state index contributed by atoms with van der Waals surface area (Å²) in [5.74, 6) is 1.28. The van der Waals surface area contributed by atoms with Crippen molar-refractivity contribution in [3.63, 3.8) is 0 Å². The summed E-state index contributed by atoms with van der Waals surface area (Å²) in [6.45, 7) is 2.48. The molecule has 0 heterocycles. The van der Waals surface area contributed by atoms with Gasteiger partial charge in [-0.1, -0.05) is 18.2 Å². The molecule has 1 atom stereocenters. The first-order valence-electron chi connectivity index (χ1n) is 5.74. The highest BCUT2D eigenvalue weighted by Crippen LogP contribution is 2.28. The van der Waals surface area contributed by atoms with Crippen LogP contribution < -0.4 is 10.1 Å². The minimum Gasteiger partial charge on any atom is -0.491 e. The van der Waals surface area contributed by atoms with Crippen molar-refractivity contribution in [1.29, 1.82) is 0 Å². The summed E-state index contributed by atoms with van der Waals surface area (Å²) >= 11 is 0. The minimum absolute atomic E-state index is 0.0632. The molecule has 1 aliphatic carbocycles. The van der Waals surface area contributed by atoms with E-state index in [1.54, 1.807) is 0 Å². The lowest BCUT2D eigenvalue weighted by molar-refractivity contribution is -0.123. The first kappa shape index (κ1) is 11.0. The van der Waals surface area contributed by atoms with Crippen molar-refractivity contribution in [3.8, 4) is 5.75 Å². The van der Waals surface area contributed by atoms with Crippen LogP contribution in [0.15, 0.2) is 30.3 Å². The Balaban J connectivity index is 1.71. The van der Waals surface area contributed by atoms with E-state index in [2.05, 4.69) is 5.32 Å². The number of benzene rings is 1. The maximum Gasteiger partial charge on any atom is 0.223 e. The summed E-state index contributed by atoms with van der Waals surface area (Å²) in [7, 11) is 0. The van der Waals surface area contributed by atoms with Gasteiger partial charge in [-0.3, -0.25) is 4.79 Å². The number of hydrogen-bond acceptors (Lipinski definition) is 2. The molecular formula is C13H17NO2. The van der Waals surface area contributed by atoms with Gasteiger partial charge in [0.1, 0.15) is 12.4 Å². The summed E-state index contributed by atoms with van der Waals surface area (Å²) < 4.78 is 5.55. The van der Waals surface area contributed by atoms with E-state index in [-0.39, 0.29) is 17.9 Å². The number of carbonyl (C=O) groups is 1. The molecule has 86 valence electrons. The van der Waals surface area contributed by atoms with Crippen molar-refractivity contribution in [2.75, 3.05) is 6.61 Å². The number of para-hydroxylation sites is 1. The Hall–Kier alpha value is -1.51. The summed E-state index contributed by atoms with van der Waals surface area (Å²) in [5.41, 5.74) is 0. The number of rotatable bonds is 5. The minimum atomic E-state index is 0.0632. The molecule has 1 fully saturated rings. The monoisotopic (exact) mass is 219 g/mol. The first-order chi connectivity index (χ1) is 7.75. The summed E-state index contributed by atoms with van der Waals surface area (Å²) in [6.07, 6.45) is 2.08. The molecule has 0 bridgehead atoms. The molecule has 1 aromatic rings. The molecule has 0 aromatic heterocycles. The van der Waals surface area contributed by atoms with Crippen LogP contribution in [0.2, 0.25) is 0 Å². The molecule has 1 aromatic carbocycles. The number of hydrogen-bond donors (Lipinski definition) is 1. The van der Waals surface area contributed by atoms with E-state index in [1.807, 2.05) is 37.3 Å². The summed E-state index contributed by atoms with van der Waals surface area (Å²) in [6, 6.07) is 9.70. The Morgan fingerprint density at radius 3 is 2.75 bits per heavy atom. The standard InChI is InChI=1S/C13H17NO2/c1-10(14-13(15)11-7-8-11)9-16-12-5-3-2-4-6-12/h2-6,10-11H,7-9H2,1H3,(H,14,15). The molecule has 3 heteroatoms. The quantitative estimate of drug-likeness (QED) is 0.822. The van der Waals surface area contributed by atoms with Gasteiger partial charge in [0.05, 0.1) is 6.04 Å². The van der Waals surface area contributed by atoms with Crippen molar-refractivity contribution in [2.24, 2.45) is 5.92 Å². The predicted molar refractivity (Wildman–Crippen MR) is 62.3 cm³/mol. The number of ether oxygens (including phenoxy) is 1. The average Bonchev–Trinajstić information content (AvgIpc) is 3.11. The smallest absolute Gasteiger partial charge is 0.223 e. The van der Waals surface area contributed by atoms with Gasteiger partial charge in [-0.15, -0.1) is 0 Å². The number of amides is 1. The average molecular weight is 219 g/mol. The molecule has 16 heavy (non-hydrogen) atoms. The molecule has 2 rings (SSSR count). The van der Waals surface area contributed by atoms with E-state index in [4.69, 9.17) is 4.74 Å². The molecule has 0 spiro atoms. The van der Waals surface area contributed by atoms with Gasteiger partial charge in [0.25, 0.3) is 0 Å². The van der Waals surface area contributed by atoms with Crippen molar-refractivity contribution in [2.45, 2.75) is 25.8 Å². The molecule has 1 aliphatic rings. The third kappa shape index (κ3) is 3.26. The van der Waals surface area contributed by atoms with Crippen LogP contribution in [0.3, 0.4) is 0 Å². The van der Waals surface area contributed by atoms with Gasteiger partial charge in [-0.05, 0) is 31.9 Å². The van der Waals surface area contributed by atoms with Gasteiger partial charge in [-0.2, -0.15) is 0 Å². The zero-order valence-electron chi connectivity index (χ0n) is 9.48. The highest BCUT2D eigenvalue weighted by atomic mass is 16.5. The van der Waals surface area contributed by atoms with Crippen LogP contribution in [0.5, 0.6) is 5.75 Å². The molecule has 0 saturated heterocycles. The van der Waals surface area contributed by atoms with Crippen molar-refractivity contribution in [1.82, 2.24) is 5.32 Å². The van der Waals surface area contributed by atoms with Gasteiger partial charge < -0.3 is 10.1 Å². The number of carbonyl (C=O) groups excluding carboxylic acids is 1. The lowest BCUT2D eigenvalue weighted by Gasteiger charge is -2.14. The second kappa shape index (κ2) is 5.01. The molecule has 1 N–H and O–H groups in total. The topological polar surface area (TPSA) is 38.3 Å². The predicted octanol–water partition coefficient (Wildman–Crippen LogP) is 1.98. The zero-order valence-corrected chi connectivity index (χ0v) is 9.48. The van der Waals surface area contributed by atoms with Crippen LogP contribution in [0.1, 0.15) is 19.8 Å². The zero-order chi connectivity index (χ0) is 11.4. The van der Waals surface area contributed by atoms with Crippen LogP contribution in [0.4, 0.5) is 0 Å². The molecule has 1 saturated carbocycles. The Morgan fingerprint density at radius 1 is 1.44 bits per heavy atom. The largest absolute Gasteiger partial charge is 0.491 e. The van der Waals surface area contributed by atoms with Gasteiger partial charge in [-0.25, -0.2) is 0 Å². The Kier molecular flexibility index (Phi) is 3.44. The van der Waals surface area contributed by atoms with Crippen LogP contribution >= 0.6 is 0 Å². The third-order valence-corrected chi connectivity index (χ3v) is 2.58. The maximum absolute atomic E-state index is 11.5. The summed E-state index contributed by atoms with van der Waals surface area (Å²) in [5, 5.41) is 2.95. The summed E-state index contributed by atoms with van der Waals surface area (Å²) in [4.78, 5) is 11.5. The van der Waals surface area contributed by atoms with Crippen molar-refractivity contribution in [3.05, 3.63) is 30.3 Å². The molecule has 1 unspecified atom stereocenters. The highest BCUT2D eigenvalue weighted by molar-refractivity contribution is 5.81. The van der Waals surface area contributed by atoms with E-state index in [1.165, 1.54) is 0 Å². The number of nitrogens with one attached hydrogen (secondary N) is 1.